The van der Waals surface area contributed by atoms with Gasteiger partial charge in [0.15, 0.2) is 0 Å². The third-order valence-corrected chi connectivity index (χ3v) is 2.66. The molecule has 0 atom stereocenters. The van der Waals surface area contributed by atoms with Crippen LogP contribution in [0.25, 0.3) is 0 Å². The summed E-state index contributed by atoms with van der Waals surface area (Å²) in [5, 5.41) is 0. The lowest BCUT2D eigenvalue weighted by molar-refractivity contribution is 0.0888. The summed E-state index contributed by atoms with van der Waals surface area (Å²) in [7, 11) is 4.06. The topological polar surface area (TPSA) is 21.7 Å². The SMILES string of the molecule is CN(C)CCOCCOc1ccccc1Br. The molecule has 0 heterocycles. The Morgan fingerprint density at radius 3 is 2.56 bits per heavy atom. The van der Waals surface area contributed by atoms with Gasteiger partial charge < -0.3 is 14.4 Å². The summed E-state index contributed by atoms with van der Waals surface area (Å²) in [5.74, 6) is 0.860. The van der Waals surface area contributed by atoms with Gasteiger partial charge in [-0.15, -0.1) is 0 Å². The number of nitrogens with zero attached hydrogens (tertiary/aromatic N) is 1. The molecular formula is C12H18BrNO2. The van der Waals surface area contributed by atoms with Gasteiger partial charge in [-0.25, -0.2) is 0 Å². The molecule has 0 saturated carbocycles. The van der Waals surface area contributed by atoms with Gasteiger partial charge in [-0.2, -0.15) is 0 Å². The average Bonchev–Trinajstić information content (AvgIpc) is 2.25. The van der Waals surface area contributed by atoms with Crippen LogP contribution < -0.4 is 4.74 Å². The average molecular weight is 288 g/mol. The van der Waals surface area contributed by atoms with Crippen LogP contribution >= 0.6 is 15.9 Å². The zero-order valence-electron chi connectivity index (χ0n) is 9.78. The Bertz CT molecular complexity index is 305. The van der Waals surface area contributed by atoms with E-state index >= 15 is 0 Å². The van der Waals surface area contributed by atoms with Gasteiger partial charge in [-0.05, 0) is 42.2 Å². The summed E-state index contributed by atoms with van der Waals surface area (Å²) < 4.78 is 12.0. The molecule has 0 unspecified atom stereocenters. The molecule has 0 saturated heterocycles. The molecule has 0 aliphatic carbocycles. The van der Waals surface area contributed by atoms with Gasteiger partial charge in [-0.1, -0.05) is 12.1 Å². The van der Waals surface area contributed by atoms with E-state index in [0.717, 1.165) is 23.4 Å². The fourth-order valence-corrected chi connectivity index (χ4v) is 1.52. The summed E-state index contributed by atoms with van der Waals surface area (Å²) in [6, 6.07) is 7.81. The molecule has 1 aromatic carbocycles. The van der Waals surface area contributed by atoms with Crippen LogP contribution in [0.2, 0.25) is 0 Å². The van der Waals surface area contributed by atoms with E-state index in [-0.39, 0.29) is 0 Å². The maximum absolute atomic E-state index is 5.56. The highest BCUT2D eigenvalue weighted by atomic mass is 79.9. The number of benzene rings is 1. The highest BCUT2D eigenvalue weighted by Crippen LogP contribution is 2.23. The van der Waals surface area contributed by atoms with Crippen LogP contribution in [0.1, 0.15) is 0 Å². The number of halogens is 1. The van der Waals surface area contributed by atoms with Crippen LogP contribution in [0.5, 0.6) is 5.75 Å². The highest BCUT2D eigenvalue weighted by molar-refractivity contribution is 9.10. The monoisotopic (exact) mass is 287 g/mol. The molecule has 1 rings (SSSR count). The van der Waals surface area contributed by atoms with Crippen LogP contribution in [-0.4, -0.2) is 45.4 Å². The second-order valence-electron chi connectivity index (χ2n) is 3.69. The van der Waals surface area contributed by atoms with Crippen LogP contribution in [0, 0.1) is 0 Å². The van der Waals surface area contributed by atoms with E-state index in [2.05, 4.69) is 20.8 Å². The minimum Gasteiger partial charge on any atom is -0.490 e. The molecule has 90 valence electrons. The molecule has 16 heavy (non-hydrogen) atoms. The zero-order chi connectivity index (χ0) is 11.8. The molecule has 0 radical (unpaired) electrons. The van der Waals surface area contributed by atoms with Crippen molar-refractivity contribution in [2.24, 2.45) is 0 Å². The second kappa shape index (κ2) is 7.65. The van der Waals surface area contributed by atoms with Crippen LogP contribution in [-0.2, 0) is 4.74 Å². The van der Waals surface area contributed by atoms with Crippen molar-refractivity contribution in [3.63, 3.8) is 0 Å². The van der Waals surface area contributed by atoms with Crippen molar-refractivity contribution in [2.45, 2.75) is 0 Å². The Labute approximate surface area is 105 Å². The van der Waals surface area contributed by atoms with Crippen molar-refractivity contribution in [3.05, 3.63) is 28.7 Å². The first kappa shape index (κ1) is 13.5. The van der Waals surface area contributed by atoms with E-state index in [1.165, 1.54) is 0 Å². The van der Waals surface area contributed by atoms with Gasteiger partial charge in [-0.3, -0.25) is 0 Å². The van der Waals surface area contributed by atoms with Crippen molar-refractivity contribution in [1.82, 2.24) is 4.90 Å². The minimum absolute atomic E-state index is 0.579. The first-order chi connectivity index (χ1) is 7.70. The summed E-state index contributed by atoms with van der Waals surface area (Å²) in [6.07, 6.45) is 0. The van der Waals surface area contributed by atoms with Gasteiger partial charge in [0, 0.05) is 6.54 Å². The standard InChI is InChI=1S/C12H18BrNO2/c1-14(2)7-8-15-9-10-16-12-6-4-3-5-11(12)13/h3-6H,7-10H2,1-2H3. The van der Waals surface area contributed by atoms with Crippen LogP contribution in [0.3, 0.4) is 0 Å². The predicted octanol–water partition coefficient (Wildman–Crippen LogP) is 2.41. The summed E-state index contributed by atoms with van der Waals surface area (Å²) in [6.45, 7) is 2.88. The smallest absolute Gasteiger partial charge is 0.133 e. The van der Waals surface area contributed by atoms with Gasteiger partial charge in [0.25, 0.3) is 0 Å². The molecule has 0 aliphatic rings. The van der Waals surface area contributed by atoms with Gasteiger partial charge in [0.1, 0.15) is 12.4 Å². The largest absolute Gasteiger partial charge is 0.490 e. The van der Waals surface area contributed by atoms with Crippen molar-refractivity contribution in [3.8, 4) is 5.75 Å². The number of rotatable bonds is 7. The fraction of sp³-hybridized carbons (Fsp3) is 0.500. The van der Waals surface area contributed by atoms with E-state index in [1.54, 1.807) is 0 Å². The van der Waals surface area contributed by atoms with E-state index in [9.17, 15) is 0 Å². The maximum Gasteiger partial charge on any atom is 0.133 e. The Morgan fingerprint density at radius 1 is 1.12 bits per heavy atom. The molecule has 3 nitrogen and oxygen atoms in total. The van der Waals surface area contributed by atoms with Crippen molar-refractivity contribution in [2.75, 3.05) is 40.5 Å². The number of para-hydroxylation sites is 1. The van der Waals surface area contributed by atoms with Crippen molar-refractivity contribution >= 4 is 15.9 Å². The summed E-state index contributed by atoms with van der Waals surface area (Å²) in [4.78, 5) is 2.09. The highest BCUT2D eigenvalue weighted by Gasteiger charge is 1.98. The molecule has 0 aliphatic heterocycles. The Morgan fingerprint density at radius 2 is 1.88 bits per heavy atom. The fourth-order valence-electron chi connectivity index (χ4n) is 1.12. The lowest BCUT2D eigenvalue weighted by Gasteiger charge is -2.11. The third-order valence-electron chi connectivity index (χ3n) is 2.00. The first-order valence-electron chi connectivity index (χ1n) is 5.30. The molecule has 4 heteroatoms. The second-order valence-corrected chi connectivity index (χ2v) is 4.55. The van der Waals surface area contributed by atoms with E-state index in [4.69, 9.17) is 9.47 Å². The van der Waals surface area contributed by atoms with Crippen molar-refractivity contribution < 1.29 is 9.47 Å². The number of ether oxygens (including phenoxy) is 2. The molecule has 0 amide bonds. The molecule has 0 spiro atoms. The van der Waals surface area contributed by atoms with E-state index in [0.29, 0.717) is 13.2 Å². The predicted molar refractivity (Wildman–Crippen MR) is 69.0 cm³/mol. The molecule has 0 bridgehead atoms. The lowest BCUT2D eigenvalue weighted by atomic mass is 10.3. The number of hydrogen-bond acceptors (Lipinski definition) is 3. The molecule has 0 aromatic heterocycles. The Balaban J connectivity index is 2.10. The Hall–Kier alpha value is -0.580. The van der Waals surface area contributed by atoms with E-state index in [1.807, 2.05) is 38.4 Å². The summed E-state index contributed by atoms with van der Waals surface area (Å²) in [5.41, 5.74) is 0. The number of hydrogen-bond donors (Lipinski definition) is 0. The minimum atomic E-state index is 0.579. The zero-order valence-corrected chi connectivity index (χ0v) is 11.4. The molecule has 1 aromatic rings. The number of likely N-dealkylation sites (N-methyl/N-ethyl adjacent to an activating group) is 1. The lowest BCUT2D eigenvalue weighted by Crippen LogP contribution is -2.19. The first-order valence-corrected chi connectivity index (χ1v) is 6.09. The van der Waals surface area contributed by atoms with Crippen LogP contribution in [0.4, 0.5) is 0 Å². The molecule has 0 fully saturated rings. The molecular weight excluding hydrogens is 270 g/mol. The van der Waals surface area contributed by atoms with Gasteiger partial charge >= 0.3 is 0 Å². The van der Waals surface area contributed by atoms with E-state index < -0.39 is 0 Å². The normalized spacial score (nSPS) is 10.8. The molecule has 0 N–H and O–H groups in total. The quantitative estimate of drug-likeness (QED) is 0.719. The van der Waals surface area contributed by atoms with Gasteiger partial charge in [0.2, 0.25) is 0 Å². The third kappa shape index (κ3) is 5.49. The van der Waals surface area contributed by atoms with Gasteiger partial charge in [0.05, 0.1) is 17.7 Å². The van der Waals surface area contributed by atoms with Crippen LogP contribution in [0.15, 0.2) is 28.7 Å². The Kier molecular flexibility index (Phi) is 6.45. The maximum atomic E-state index is 5.56. The van der Waals surface area contributed by atoms with Crippen molar-refractivity contribution in [1.29, 1.82) is 0 Å². The summed E-state index contributed by atoms with van der Waals surface area (Å²) >= 11 is 3.43.